The first-order valence-corrected chi connectivity index (χ1v) is 12.0. The van der Waals surface area contributed by atoms with E-state index in [1.54, 1.807) is 12.7 Å². The lowest BCUT2D eigenvalue weighted by molar-refractivity contribution is 0.258. The van der Waals surface area contributed by atoms with Crippen LogP contribution in [0, 0.1) is 0 Å². The van der Waals surface area contributed by atoms with Gasteiger partial charge in [0.05, 0.1) is 0 Å². The maximum Gasteiger partial charge on any atom is 0.181 e. The lowest BCUT2D eigenvalue weighted by Crippen LogP contribution is -2.52. The fourth-order valence-electron chi connectivity index (χ4n) is 5.17. The monoisotopic (exact) mass is 468 g/mol. The SMILES string of the molecule is CN1CCN(c2ccccc2-c2nnn[nH]2)C(CCCc2c[nH]c3ccc(-n4cnnc4)cc23)C1. The summed E-state index contributed by atoms with van der Waals surface area (Å²) in [6.07, 6.45) is 8.84. The van der Waals surface area contributed by atoms with E-state index in [1.165, 1.54) is 16.6 Å². The number of tetrazole rings is 1. The molecule has 1 aliphatic heterocycles. The van der Waals surface area contributed by atoms with Crippen LogP contribution in [-0.2, 0) is 6.42 Å². The highest BCUT2D eigenvalue weighted by Crippen LogP contribution is 2.32. The summed E-state index contributed by atoms with van der Waals surface area (Å²) in [5, 5.41) is 23.8. The molecule has 178 valence electrons. The van der Waals surface area contributed by atoms with E-state index in [2.05, 4.69) is 95.2 Å². The number of H-pyrrole nitrogens is 2. The third kappa shape index (κ3) is 4.28. The Labute approximate surface area is 203 Å². The molecule has 0 spiro atoms. The van der Waals surface area contributed by atoms with Gasteiger partial charge in [-0.25, -0.2) is 5.10 Å². The van der Waals surface area contributed by atoms with Gasteiger partial charge in [-0.1, -0.05) is 12.1 Å². The number of hydrogen-bond acceptors (Lipinski definition) is 7. The van der Waals surface area contributed by atoms with E-state index in [9.17, 15) is 0 Å². The van der Waals surface area contributed by atoms with Gasteiger partial charge in [-0.3, -0.25) is 4.57 Å². The molecule has 0 aliphatic carbocycles. The van der Waals surface area contributed by atoms with Gasteiger partial charge >= 0.3 is 0 Å². The third-order valence-electron chi connectivity index (χ3n) is 6.95. The quantitative estimate of drug-likeness (QED) is 0.378. The number of aromatic nitrogens is 8. The van der Waals surface area contributed by atoms with Crippen LogP contribution < -0.4 is 4.90 Å². The lowest BCUT2D eigenvalue weighted by atomic mass is 9.99. The highest BCUT2D eigenvalue weighted by atomic mass is 15.5. The zero-order valence-electron chi connectivity index (χ0n) is 19.7. The summed E-state index contributed by atoms with van der Waals surface area (Å²) < 4.78 is 1.94. The van der Waals surface area contributed by atoms with Gasteiger partial charge in [0.15, 0.2) is 5.82 Å². The smallest absolute Gasteiger partial charge is 0.181 e. The minimum atomic E-state index is 0.420. The second kappa shape index (κ2) is 9.30. The number of fused-ring (bicyclic) bond motifs is 1. The van der Waals surface area contributed by atoms with Crippen LogP contribution >= 0.6 is 0 Å². The van der Waals surface area contributed by atoms with Gasteiger partial charge in [0.25, 0.3) is 0 Å². The molecule has 4 heterocycles. The topological polar surface area (TPSA) is 107 Å². The van der Waals surface area contributed by atoms with Crippen molar-refractivity contribution in [1.82, 2.24) is 45.3 Å². The van der Waals surface area contributed by atoms with Crippen molar-refractivity contribution < 1.29 is 0 Å². The van der Waals surface area contributed by atoms with Crippen molar-refractivity contribution in [1.29, 1.82) is 0 Å². The van der Waals surface area contributed by atoms with Gasteiger partial charge in [0.1, 0.15) is 12.7 Å². The summed E-state index contributed by atoms with van der Waals surface area (Å²) in [5.41, 5.74) is 5.81. The molecule has 6 rings (SSSR count). The Hall–Kier alpha value is -4.05. The Kier molecular flexibility index (Phi) is 5.71. The van der Waals surface area contributed by atoms with Gasteiger partial charge in [-0.05, 0) is 72.6 Å². The molecule has 1 atom stereocenters. The van der Waals surface area contributed by atoms with Crippen molar-refractivity contribution in [3.63, 3.8) is 0 Å². The molecule has 1 saturated heterocycles. The van der Waals surface area contributed by atoms with E-state index in [0.717, 1.165) is 55.7 Å². The van der Waals surface area contributed by atoms with E-state index in [0.29, 0.717) is 11.9 Å². The van der Waals surface area contributed by atoms with E-state index in [1.807, 2.05) is 10.6 Å². The predicted molar refractivity (Wildman–Crippen MR) is 134 cm³/mol. The highest BCUT2D eigenvalue weighted by molar-refractivity contribution is 5.85. The minimum Gasteiger partial charge on any atom is -0.365 e. The van der Waals surface area contributed by atoms with Crippen LogP contribution in [0.1, 0.15) is 18.4 Å². The average molecular weight is 469 g/mol. The maximum absolute atomic E-state index is 4.17. The van der Waals surface area contributed by atoms with Gasteiger partial charge in [-0.15, -0.1) is 15.3 Å². The fraction of sp³-hybridized carbons (Fsp3) is 0.320. The highest BCUT2D eigenvalue weighted by Gasteiger charge is 2.27. The van der Waals surface area contributed by atoms with E-state index in [4.69, 9.17) is 0 Å². The summed E-state index contributed by atoms with van der Waals surface area (Å²) in [4.78, 5) is 8.40. The van der Waals surface area contributed by atoms with Crippen molar-refractivity contribution in [2.45, 2.75) is 25.3 Å². The molecule has 5 aromatic rings. The molecule has 10 nitrogen and oxygen atoms in total. The molecule has 10 heteroatoms. The molecule has 0 bridgehead atoms. The number of benzene rings is 2. The Morgan fingerprint density at radius 3 is 2.80 bits per heavy atom. The first-order valence-electron chi connectivity index (χ1n) is 12.0. The summed E-state index contributed by atoms with van der Waals surface area (Å²) in [6.45, 7) is 3.05. The number of nitrogens with zero attached hydrogens (tertiary/aromatic N) is 8. The first-order chi connectivity index (χ1) is 17.3. The van der Waals surface area contributed by atoms with Crippen LogP contribution in [-0.4, -0.2) is 78.0 Å². The molecular weight excluding hydrogens is 440 g/mol. The van der Waals surface area contributed by atoms with Crippen LogP contribution in [0.4, 0.5) is 5.69 Å². The molecule has 0 amide bonds. The standard InChI is InChI=1S/C25H28N10/c1-33-11-12-35(24-8-3-2-7-21(24)25-29-31-32-30-25)20(15-33)6-4-5-18-14-26-23-10-9-19(13-22(18)23)34-16-27-28-17-34/h2-3,7-10,13-14,16-17,20,26H,4-6,11-12,15H2,1H3,(H,29,30,31,32). The number of piperazine rings is 1. The van der Waals surface area contributed by atoms with Crippen molar-refractivity contribution in [3.05, 3.63) is 66.9 Å². The van der Waals surface area contributed by atoms with Gasteiger partial charge in [-0.2, -0.15) is 0 Å². The van der Waals surface area contributed by atoms with Crippen LogP contribution in [0.3, 0.4) is 0 Å². The van der Waals surface area contributed by atoms with Crippen LogP contribution in [0.15, 0.2) is 61.3 Å². The van der Waals surface area contributed by atoms with Gasteiger partial charge in [0, 0.05) is 59.7 Å². The van der Waals surface area contributed by atoms with Crippen molar-refractivity contribution in [2.75, 3.05) is 31.6 Å². The first kappa shape index (κ1) is 21.5. The Morgan fingerprint density at radius 2 is 1.94 bits per heavy atom. The summed E-state index contributed by atoms with van der Waals surface area (Å²) in [6, 6.07) is 15.3. The Balaban J connectivity index is 1.20. The molecule has 0 radical (unpaired) electrons. The van der Waals surface area contributed by atoms with Crippen LogP contribution in [0.5, 0.6) is 0 Å². The Morgan fingerprint density at radius 1 is 1.06 bits per heavy atom. The molecule has 35 heavy (non-hydrogen) atoms. The number of nitrogens with one attached hydrogen (secondary N) is 2. The van der Waals surface area contributed by atoms with Gasteiger partial charge in [0.2, 0.25) is 0 Å². The number of likely N-dealkylation sites (N-methyl/N-ethyl adjacent to an activating group) is 1. The van der Waals surface area contributed by atoms with E-state index >= 15 is 0 Å². The molecule has 0 saturated carbocycles. The second-order valence-electron chi connectivity index (χ2n) is 9.18. The van der Waals surface area contributed by atoms with Crippen molar-refractivity contribution in [3.8, 4) is 17.1 Å². The molecule has 1 aliphatic rings. The molecule has 3 aromatic heterocycles. The zero-order valence-corrected chi connectivity index (χ0v) is 19.7. The third-order valence-corrected chi connectivity index (χ3v) is 6.95. The molecule has 2 N–H and O–H groups in total. The zero-order chi connectivity index (χ0) is 23.6. The van der Waals surface area contributed by atoms with Gasteiger partial charge < -0.3 is 14.8 Å². The number of aromatic amines is 2. The summed E-state index contributed by atoms with van der Waals surface area (Å²) in [5.74, 6) is 0.709. The number of rotatable bonds is 7. The molecule has 2 aromatic carbocycles. The second-order valence-corrected chi connectivity index (χ2v) is 9.18. The van der Waals surface area contributed by atoms with Crippen molar-refractivity contribution >= 4 is 16.6 Å². The summed E-state index contributed by atoms with van der Waals surface area (Å²) in [7, 11) is 2.21. The number of hydrogen-bond donors (Lipinski definition) is 2. The maximum atomic E-state index is 4.17. The number of anilines is 1. The van der Waals surface area contributed by atoms with E-state index in [-0.39, 0.29) is 0 Å². The van der Waals surface area contributed by atoms with Crippen LogP contribution in [0.2, 0.25) is 0 Å². The fourth-order valence-corrected chi connectivity index (χ4v) is 5.17. The average Bonchev–Trinajstić information content (AvgIpc) is 3.67. The molecular formula is C25H28N10. The Bertz CT molecular complexity index is 1390. The largest absolute Gasteiger partial charge is 0.365 e. The van der Waals surface area contributed by atoms with Crippen LogP contribution in [0.25, 0.3) is 28.0 Å². The molecule has 1 fully saturated rings. The minimum absolute atomic E-state index is 0.420. The number of aryl methyl sites for hydroxylation is 1. The summed E-state index contributed by atoms with van der Waals surface area (Å²) >= 11 is 0. The number of para-hydroxylation sites is 1. The normalized spacial score (nSPS) is 16.8. The molecule has 1 unspecified atom stereocenters. The van der Waals surface area contributed by atoms with E-state index < -0.39 is 0 Å². The lowest BCUT2D eigenvalue weighted by Gasteiger charge is -2.42. The van der Waals surface area contributed by atoms with Crippen molar-refractivity contribution in [2.24, 2.45) is 0 Å². The predicted octanol–water partition coefficient (Wildman–Crippen LogP) is 3.07.